The van der Waals surface area contributed by atoms with E-state index in [9.17, 15) is 4.79 Å². The Bertz CT molecular complexity index is 333. The Labute approximate surface area is 96.1 Å². The molecule has 0 radical (unpaired) electrons. The van der Waals surface area contributed by atoms with Crippen LogP contribution in [0.1, 0.15) is 12.5 Å². The van der Waals surface area contributed by atoms with Gasteiger partial charge in [0.25, 0.3) is 0 Å². The van der Waals surface area contributed by atoms with Crippen LogP contribution in [0.2, 0.25) is 0 Å². The highest BCUT2D eigenvalue weighted by Crippen LogP contribution is 1.96. The van der Waals surface area contributed by atoms with Crippen LogP contribution in [0.5, 0.6) is 0 Å². The molecule has 0 aliphatic rings. The van der Waals surface area contributed by atoms with Crippen molar-refractivity contribution in [3.8, 4) is 0 Å². The minimum absolute atomic E-state index is 0.288. The fourth-order valence-electron chi connectivity index (χ4n) is 1.24. The standard InChI is InChI=1S/C13H17NO2/c1-2-16-13(15)9-6-10-14-11-12-7-4-3-5-8-12/h3-9,14H,2,10-11H2,1H3. The van der Waals surface area contributed by atoms with Gasteiger partial charge in [0.2, 0.25) is 0 Å². The molecular weight excluding hydrogens is 202 g/mol. The molecule has 1 aromatic carbocycles. The molecule has 0 saturated heterocycles. The summed E-state index contributed by atoms with van der Waals surface area (Å²) in [5.41, 5.74) is 1.23. The van der Waals surface area contributed by atoms with Crippen molar-refractivity contribution in [2.75, 3.05) is 13.2 Å². The zero-order chi connectivity index (χ0) is 11.6. The number of carbonyl (C=O) groups excluding carboxylic acids is 1. The summed E-state index contributed by atoms with van der Waals surface area (Å²) in [6, 6.07) is 10.1. The van der Waals surface area contributed by atoms with E-state index in [1.165, 1.54) is 11.6 Å². The van der Waals surface area contributed by atoms with Crippen molar-refractivity contribution in [2.45, 2.75) is 13.5 Å². The average molecular weight is 219 g/mol. The number of nitrogens with one attached hydrogen (secondary N) is 1. The van der Waals surface area contributed by atoms with Crippen LogP contribution < -0.4 is 5.32 Å². The fourth-order valence-corrected chi connectivity index (χ4v) is 1.24. The van der Waals surface area contributed by atoms with Crippen molar-refractivity contribution >= 4 is 5.97 Å². The number of benzene rings is 1. The lowest BCUT2D eigenvalue weighted by molar-refractivity contribution is -0.137. The molecule has 0 fully saturated rings. The highest BCUT2D eigenvalue weighted by Gasteiger charge is 1.92. The van der Waals surface area contributed by atoms with E-state index in [4.69, 9.17) is 4.74 Å². The van der Waals surface area contributed by atoms with Gasteiger partial charge in [-0.3, -0.25) is 0 Å². The summed E-state index contributed by atoms with van der Waals surface area (Å²) in [6.07, 6.45) is 3.21. The predicted octanol–water partition coefficient (Wildman–Crippen LogP) is 1.90. The van der Waals surface area contributed by atoms with E-state index in [0.717, 1.165) is 6.54 Å². The second kappa shape index (κ2) is 7.65. The number of rotatable bonds is 6. The van der Waals surface area contributed by atoms with Crippen molar-refractivity contribution in [1.82, 2.24) is 5.32 Å². The average Bonchev–Trinajstić information content (AvgIpc) is 2.30. The van der Waals surface area contributed by atoms with Crippen molar-refractivity contribution in [2.24, 2.45) is 0 Å². The summed E-state index contributed by atoms with van der Waals surface area (Å²) in [5, 5.41) is 3.20. The molecule has 0 unspecified atom stereocenters. The monoisotopic (exact) mass is 219 g/mol. The molecule has 0 amide bonds. The molecule has 16 heavy (non-hydrogen) atoms. The molecule has 0 atom stereocenters. The van der Waals surface area contributed by atoms with E-state index in [1.807, 2.05) is 18.2 Å². The van der Waals surface area contributed by atoms with Gasteiger partial charge in [0.1, 0.15) is 0 Å². The molecule has 0 saturated carbocycles. The molecule has 0 heterocycles. The molecule has 0 aromatic heterocycles. The summed E-state index contributed by atoms with van der Waals surface area (Å²) in [4.78, 5) is 10.9. The van der Waals surface area contributed by atoms with E-state index in [2.05, 4.69) is 17.4 Å². The lowest BCUT2D eigenvalue weighted by atomic mass is 10.2. The number of ether oxygens (including phenoxy) is 1. The highest BCUT2D eigenvalue weighted by molar-refractivity contribution is 5.81. The molecule has 86 valence electrons. The SMILES string of the molecule is CCOC(=O)C=CCNCc1ccccc1. The Morgan fingerprint density at radius 2 is 2.12 bits per heavy atom. The van der Waals surface area contributed by atoms with Gasteiger partial charge in [-0.05, 0) is 12.5 Å². The smallest absolute Gasteiger partial charge is 0.330 e. The van der Waals surface area contributed by atoms with Crippen LogP contribution in [-0.2, 0) is 16.1 Å². The summed E-state index contributed by atoms with van der Waals surface area (Å²) >= 11 is 0. The molecule has 1 N–H and O–H groups in total. The van der Waals surface area contributed by atoms with Crippen molar-refractivity contribution < 1.29 is 9.53 Å². The summed E-state index contributed by atoms with van der Waals surface area (Å²) in [6.45, 7) is 3.67. The van der Waals surface area contributed by atoms with Gasteiger partial charge in [0.15, 0.2) is 0 Å². The van der Waals surface area contributed by atoms with E-state index < -0.39 is 0 Å². The lowest BCUT2D eigenvalue weighted by Gasteiger charge is -2.01. The third-order valence-corrected chi connectivity index (χ3v) is 1.97. The van der Waals surface area contributed by atoms with Crippen LogP contribution >= 0.6 is 0 Å². The maximum absolute atomic E-state index is 10.9. The third kappa shape index (κ3) is 5.32. The van der Waals surface area contributed by atoms with E-state index in [0.29, 0.717) is 13.2 Å². The van der Waals surface area contributed by atoms with Gasteiger partial charge < -0.3 is 10.1 Å². The molecule has 1 aromatic rings. The maximum Gasteiger partial charge on any atom is 0.330 e. The highest BCUT2D eigenvalue weighted by atomic mass is 16.5. The largest absolute Gasteiger partial charge is 0.463 e. The molecular formula is C13H17NO2. The molecule has 3 nitrogen and oxygen atoms in total. The zero-order valence-electron chi connectivity index (χ0n) is 9.48. The maximum atomic E-state index is 10.9. The van der Waals surface area contributed by atoms with Crippen molar-refractivity contribution in [3.63, 3.8) is 0 Å². The van der Waals surface area contributed by atoms with E-state index in [-0.39, 0.29) is 5.97 Å². The van der Waals surface area contributed by atoms with Crippen molar-refractivity contribution in [3.05, 3.63) is 48.0 Å². The van der Waals surface area contributed by atoms with E-state index >= 15 is 0 Å². The first kappa shape index (κ1) is 12.5. The summed E-state index contributed by atoms with van der Waals surface area (Å²) in [7, 11) is 0. The Hall–Kier alpha value is -1.61. The number of hydrogen-bond acceptors (Lipinski definition) is 3. The second-order valence-corrected chi connectivity index (χ2v) is 3.27. The minimum Gasteiger partial charge on any atom is -0.463 e. The molecule has 1 rings (SSSR count). The van der Waals surface area contributed by atoms with Gasteiger partial charge in [-0.15, -0.1) is 0 Å². The first-order chi connectivity index (χ1) is 7.83. The van der Waals surface area contributed by atoms with Crippen LogP contribution in [0, 0.1) is 0 Å². The molecule has 3 heteroatoms. The number of carbonyl (C=O) groups is 1. The first-order valence-corrected chi connectivity index (χ1v) is 5.41. The normalized spacial score (nSPS) is 10.6. The van der Waals surface area contributed by atoms with Gasteiger partial charge in [-0.1, -0.05) is 36.4 Å². The minimum atomic E-state index is -0.288. The van der Waals surface area contributed by atoms with Crippen LogP contribution in [-0.4, -0.2) is 19.1 Å². The van der Waals surface area contributed by atoms with Gasteiger partial charge >= 0.3 is 5.97 Å². The Morgan fingerprint density at radius 1 is 1.38 bits per heavy atom. The molecule has 0 spiro atoms. The third-order valence-electron chi connectivity index (χ3n) is 1.97. The first-order valence-electron chi connectivity index (χ1n) is 5.41. The van der Waals surface area contributed by atoms with Gasteiger partial charge in [-0.25, -0.2) is 4.79 Å². The van der Waals surface area contributed by atoms with Gasteiger partial charge in [-0.2, -0.15) is 0 Å². The fraction of sp³-hybridized carbons (Fsp3) is 0.308. The van der Waals surface area contributed by atoms with E-state index in [1.54, 1.807) is 13.0 Å². The van der Waals surface area contributed by atoms with Crippen LogP contribution in [0.25, 0.3) is 0 Å². The zero-order valence-corrected chi connectivity index (χ0v) is 9.48. The molecule has 0 aliphatic carbocycles. The van der Waals surface area contributed by atoms with Gasteiger partial charge in [0.05, 0.1) is 6.61 Å². The summed E-state index contributed by atoms with van der Waals surface area (Å²) in [5.74, 6) is -0.288. The lowest BCUT2D eigenvalue weighted by Crippen LogP contribution is -2.13. The Morgan fingerprint density at radius 3 is 2.81 bits per heavy atom. The molecule has 0 bridgehead atoms. The Balaban J connectivity index is 2.15. The van der Waals surface area contributed by atoms with Gasteiger partial charge in [0, 0.05) is 19.2 Å². The number of esters is 1. The second-order valence-electron chi connectivity index (χ2n) is 3.27. The van der Waals surface area contributed by atoms with Crippen LogP contribution in [0.3, 0.4) is 0 Å². The summed E-state index contributed by atoms with van der Waals surface area (Å²) < 4.78 is 4.75. The van der Waals surface area contributed by atoms with Crippen LogP contribution in [0.4, 0.5) is 0 Å². The predicted molar refractivity (Wildman–Crippen MR) is 63.9 cm³/mol. The Kier molecular flexibility index (Phi) is 5.96. The number of hydrogen-bond donors (Lipinski definition) is 1. The topological polar surface area (TPSA) is 38.3 Å². The molecule has 0 aliphatic heterocycles. The quantitative estimate of drug-likeness (QED) is 0.451. The van der Waals surface area contributed by atoms with Crippen LogP contribution in [0.15, 0.2) is 42.5 Å². The van der Waals surface area contributed by atoms with Crippen molar-refractivity contribution in [1.29, 1.82) is 0 Å².